The number of hydrogen-bond acceptors (Lipinski definition) is 3. The molecule has 1 aliphatic carbocycles. The molecular formula is C15H30N2O. The van der Waals surface area contributed by atoms with Crippen LogP contribution in [0.1, 0.15) is 47.0 Å². The van der Waals surface area contributed by atoms with Gasteiger partial charge in [0.2, 0.25) is 0 Å². The maximum atomic E-state index is 6.20. The van der Waals surface area contributed by atoms with E-state index in [1.54, 1.807) is 0 Å². The van der Waals surface area contributed by atoms with Gasteiger partial charge in [-0.15, -0.1) is 0 Å². The summed E-state index contributed by atoms with van der Waals surface area (Å²) in [4.78, 5) is 2.66. The molecule has 3 heteroatoms. The zero-order valence-corrected chi connectivity index (χ0v) is 12.5. The largest absolute Gasteiger partial charge is 0.376 e. The van der Waals surface area contributed by atoms with E-state index in [1.165, 1.54) is 19.3 Å². The number of morpholine rings is 1. The Morgan fingerprint density at radius 2 is 1.94 bits per heavy atom. The molecule has 1 heterocycles. The molecule has 18 heavy (non-hydrogen) atoms. The molecule has 3 nitrogen and oxygen atoms in total. The first-order valence-corrected chi connectivity index (χ1v) is 7.57. The van der Waals surface area contributed by atoms with Crippen molar-refractivity contribution in [1.82, 2.24) is 4.90 Å². The van der Waals surface area contributed by atoms with Gasteiger partial charge in [0.1, 0.15) is 0 Å². The Morgan fingerprint density at radius 3 is 2.56 bits per heavy atom. The Kier molecular flexibility index (Phi) is 4.35. The summed E-state index contributed by atoms with van der Waals surface area (Å²) in [6, 6.07) is 0.505. The van der Waals surface area contributed by atoms with E-state index in [2.05, 4.69) is 32.6 Å². The van der Waals surface area contributed by atoms with Gasteiger partial charge in [-0.1, -0.05) is 13.8 Å². The smallest absolute Gasteiger partial charge is 0.0675 e. The summed E-state index contributed by atoms with van der Waals surface area (Å²) in [6.07, 6.45) is 4.17. The molecule has 0 aromatic heterocycles. The highest BCUT2D eigenvalue weighted by molar-refractivity contribution is 5.00. The lowest BCUT2D eigenvalue weighted by molar-refractivity contribution is -0.109. The van der Waals surface area contributed by atoms with Crippen molar-refractivity contribution in [1.29, 1.82) is 0 Å². The van der Waals surface area contributed by atoms with Crippen LogP contribution in [0.3, 0.4) is 0 Å². The maximum Gasteiger partial charge on any atom is 0.0675 e. The van der Waals surface area contributed by atoms with E-state index in [1.807, 2.05) is 0 Å². The zero-order valence-electron chi connectivity index (χ0n) is 12.5. The number of nitrogens with zero attached hydrogens (tertiary/aromatic N) is 1. The van der Waals surface area contributed by atoms with Crippen molar-refractivity contribution in [3.8, 4) is 0 Å². The summed E-state index contributed by atoms with van der Waals surface area (Å²) >= 11 is 0. The standard InChI is InChI=1S/C15H30N2O/c1-11-5-6-15(10-16,7-12(11)2)17-8-14(4)18-9-13(17)3/h11-14H,5-10,16H2,1-4H3. The Morgan fingerprint density at radius 1 is 1.22 bits per heavy atom. The average molecular weight is 254 g/mol. The first kappa shape index (κ1) is 14.3. The van der Waals surface area contributed by atoms with Crippen LogP contribution in [0.2, 0.25) is 0 Å². The van der Waals surface area contributed by atoms with Gasteiger partial charge in [0.05, 0.1) is 12.7 Å². The van der Waals surface area contributed by atoms with E-state index in [0.29, 0.717) is 12.1 Å². The molecule has 5 atom stereocenters. The highest BCUT2D eigenvalue weighted by atomic mass is 16.5. The Labute approximate surface area is 112 Å². The molecule has 1 aliphatic heterocycles. The third-order valence-electron chi connectivity index (χ3n) is 5.34. The molecule has 2 rings (SSSR count). The molecule has 0 spiro atoms. The minimum atomic E-state index is 0.226. The third kappa shape index (κ3) is 2.59. The fourth-order valence-electron chi connectivity index (χ4n) is 3.81. The first-order chi connectivity index (χ1) is 8.48. The van der Waals surface area contributed by atoms with Gasteiger partial charge in [0.15, 0.2) is 0 Å². The predicted octanol–water partition coefficient (Wildman–Crippen LogP) is 2.25. The lowest BCUT2D eigenvalue weighted by atomic mass is 9.70. The summed E-state index contributed by atoms with van der Waals surface area (Å²) in [5.74, 6) is 1.63. The van der Waals surface area contributed by atoms with Gasteiger partial charge in [-0.2, -0.15) is 0 Å². The van der Waals surface area contributed by atoms with Gasteiger partial charge in [-0.3, -0.25) is 4.90 Å². The molecule has 2 N–H and O–H groups in total. The molecule has 2 fully saturated rings. The van der Waals surface area contributed by atoms with Gasteiger partial charge in [-0.05, 0) is 44.9 Å². The highest BCUT2D eigenvalue weighted by Gasteiger charge is 2.44. The molecule has 0 aromatic carbocycles. The molecule has 0 radical (unpaired) electrons. The van der Waals surface area contributed by atoms with E-state index in [4.69, 9.17) is 10.5 Å². The summed E-state index contributed by atoms with van der Waals surface area (Å²) < 4.78 is 5.77. The van der Waals surface area contributed by atoms with Crippen molar-refractivity contribution in [3.05, 3.63) is 0 Å². The Balaban J connectivity index is 2.15. The van der Waals surface area contributed by atoms with Crippen LogP contribution >= 0.6 is 0 Å². The van der Waals surface area contributed by atoms with Crippen LogP contribution in [0.15, 0.2) is 0 Å². The van der Waals surface area contributed by atoms with Crippen molar-refractivity contribution >= 4 is 0 Å². The van der Waals surface area contributed by atoms with Crippen molar-refractivity contribution in [2.45, 2.75) is 64.6 Å². The van der Waals surface area contributed by atoms with Crippen molar-refractivity contribution in [2.24, 2.45) is 17.6 Å². The third-order valence-corrected chi connectivity index (χ3v) is 5.34. The topological polar surface area (TPSA) is 38.5 Å². The van der Waals surface area contributed by atoms with Crippen LogP contribution in [0.4, 0.5) is 0 Å². The molecule has 1 saturated heterocycles. The average Bonchev–Trinajstić information content (AvgIpc) is 2.36. The fraction of sp³-hybridized carbons (Fsp3) is 1.00. The second kappa shape index (κ2) is 5.48. The van der Waals surface area contributed by atoms with Crippen LogP contribution in [-0.2, 0) is 4.74 Å². The molecule has 106 valence electrons. The van der Waals surface area contributed by atoms with Gasteiger partial charge in [-0.25, -0.2) is 0 Å². The SMILES string of the molecule is CC1CN(C2(CN)CCC(C)C(C)C2)C(C)CO1. The molecule has 5 unspecified atom stereocenters. The van der Waals surface area contributed by atoms with Crippen molar-refractivity contribution in [2.75, 3.05) is 19.7 Å². The second-order valence-electron chi connectivity index (χ2n) is 6.77. The predicted molar refractivity (Wildman–Crippen MR) is 75.5 cm³/mol. The number of nitrogens with two attached hydrogens (primary N) is 1. The molecule has 0 amide bonds. The van der Waals surface area contributed by atoms with Crippen LogP contribution < -0.4 is 5.73 Å². The lowest BCUT2D eigenvalue weighted by Crippen LogP contribution is -2.64. The number of ether oxygens (including phenoxy) is 1. The highest BCUT2D eigenvalue weighted by Crippen LogP contribution is 2.41. The number of hydrogen-bond donors (Lipinski definition) is 1. The van der Waals surface area contributed by atoms with E-state index in [0.717, 1.165) is 31.5 Å². The second-order valence-corrected chi connectivity index (χ2v) is 6.77. The Bertz CT molecular complexity index is 284. The quantitative estimate of drug-likeness (QED) is 0.821. The number of rotatable bonds is 2. The normalized spacial score (nSPS) is 47.2. The van der Waals surface area contributed by atoms with E-state index >= 15 is 0 Å². The Hall–Kier alpha value is -0.120. The van der Waals surface area contributed by atoms with E-state index in [9.17, 15) is 0 Å². The summed E-state index contributed by atoms with van der Waals surface area (Å²) in [5, 5.41) is 0. The van der Waals surface area contributed by atoms with Crippen LogP contribution in [-0.4, -0.2) is 42.3 Å². The van der Waals surface area contributed by atoms with Crippen LogP contribution in [0, 0.1) is 11.8 Å². The first-order valence-electron chi connectivity index (χ1n) is 7.57. The molecular weight excluding hydrogens is 224 g/mol. The molecule has 1 saturated carbocycles. The molecule has 0 bridgehead atoms. The summed E-state index contributed by atoms with van der Waals surface area (Å²) in [5.41, 5.74) is 6.43. The maximum absolute atomic E-state index is 6.20. The van der Waals surface area contributed by atoms with Gasteiger partial charge in [0.25, 0.3) is 0 Å². The minimum Gasteiger partial charge on any atom is -0.376 e. The summed E-state index contributed by atoms with van der Waals surface area (Å²) in [6.45, 7) is 11.9. The van der Waals surface area contributed by atoms with E-state index in [-0.39, 0.29) is 5.54 Å². The van der Waals surface area contributed by atoms with Gasteiger partial charge in [0, 0.05) is 24.7 Å². The van der Waals surface area contributed by atoms with Crippen LogP contribution in [0.5, 0.6) is 0 Å². The summed E-state index contributed by atoms with van der Waals surface area (Å²) in [7, 11) is 0. The van der Waals surface area contributed by atoms with Gasteiger partial charge >= 0.3 is 0 Å². The fourth-order valence-corrected chi connectivity index (χ4v) is 3.81. The minimum absolute atomic E-state index is 0.226. The van der Waals surface area contributed by atoms with Crippen LogP contribution in [0.25, 0.3) is 0 Å². The van der Waals surface area contributed by atoms with Crippen molar-refractivity contribution < 1.29 is 4.74 Å². The lowest BCUT2D eigenvalue weighted by Gasteiger charge is -2.54. The van der Waals surface area contributed by atoms with Gasteiger partial charge < -0.3 is 10.5 Å². The van der Waals surface area contributed by atoms with Crippen molar-refractivity contribution in [3.63, 3.8) is 0 Å². The monoisotopic (exact) mass is 254 g/mol. The molecule has 2 aliphatic rings. The zero-order chi connectivity index (χ0) is 13.3. The molecule has 0 aromatic rings. The van der Waals surface area contributed by atoms with E-state index < -0.39 is 0 Å².